The summed E-state index contributed by atoms with van der Waals surface area (Å²) in [5, 5.41) is 4.76. The zero-order valence-electron chi connectivity index (χ0n) is 15.0. The van der Waals surface area contributed by atoms with Crippen molar-refractivity contribution in [3.8, 4) is 16.9 Å². The minimum Gasteiger partial charge on any atom is -0.335 e. The second kappa shape index (κ2) is 7.16. The Kier molecular flexibility index (Phi) is 4.57. The molecule has 1 amide bonds. The predicted molar refractivity (Wildman–Crippen MR) is 103 cm³/mol. The summed E-state index contributed by atoms with van der Waals surface area (Å²) in [5.74, 6) is 0.0655. The molecule has 0 saturated carbocycles. The van der Waals surface area contributed by atoms with Crippen molar-refractivity contribution in [2.75, 3.05) is 6.54 Å². The van der Waals surface area contributed by atoms with Crippen molar-refractivity contribution >= 4 is 5.91 Å². The standard InChI is InChI=1S/C22H23N3O/c1-17-10-8-9-15-24(17)22(26)21-16-20(18-11-4-2-5-12-18)23-25(21)19-13-6-3-7-14-19/h2-7,11-14,16-17H,8-10,15H2,1H3/t17-/m1/s1. The Morgan fingerprint density at radius 2 is 1.69 bits per heavy atom. The van der Waals surface area contributed by atoms with Crippen molar-refractivity contribution in [1.82, 2.24) is 14.7 Å². The predicted octanol–water partition coefficient (Wildman–Crippen LogP) is 4.55. The Bertz CT molecular complexity index is 886. The number of carbonyl (C=O) groups is 1. The number of piperidine rings is 1. The second-order valence-corrected chi connectivity index (χ2v) is 6.87. The van der Waals surface area contributed by atoms with Gasteiger partial charge in [-0.25, -0.2) is 4.68 Å². The van der Waals surface area contributed by atoms with E-state index in [0.717, 1.165) is 36.3 Å². The van der Waals surface area contributed by atoms with Gasteiger partial charge in [-0.3, -0.25) is 4.79 Å². The molecule has 0 spiro atoms. The summed E-state index contributed by atoms with van der Waals surface area (Å²) < 4.78 is 1.78. The first-order valence-electron chi connectivity index (χ1n) is 9.26. The van der Waals surface area contributed by atoms with Gasteiger partial charge in [0.2, 0.25) is 0 Å². The fraction of sp³-hybridized carbons (Fsp3) is 0.273. The van der Waals surface area contributed by atoms with E-state index < -0.39 is 0 Å². The third kappa shape index (κ3) is 3.15. The number of rotatable bonds is 3. The van der Waals surface area contributed by atoms with Crippen molar-refractivity contribution in [1.29, 1.82) is 0 Å². The third-order valence-corrected chi connectivity index (χ3v) is 5.06. The van der Waals surface area contributed by atoms with Crippen LogP contribution in [0.1, 0.15) is 36.7 Å². The van der Waals surface area contributed by atoms with Crippen LogP contribution in [0.2, 0.25) is 0 Å². The summed E-state index contributed by atoms with van der Waals surface area (Å²) in [7, 11) is 0. The van der Waals surface area contributed by atoms with E-state index in [1.165, 1.54) is 6.42 Å². The van der Waals surface area contributed by atoms with Gasteiger partial charge < -0.3 is 4.90 Å². The third-order valence-electron chi connectivity index (χ3n) is 5.06. The molecule has 2 heterocycles. The SMILES string of the molecule is C[C@@H]1CCCCN1C(=O)c1cc(-c2ccccc2)nn1-c1ccccc1. The topological polar surface area (TPSA) is 38.1 Å². The average molecular weight is 345 g/mol. The van der Waals surface area contributed by atoms with Crippen LogP contribution in [0.5, 0.6) is 0 Å². The molecule has 1 saturated heterocycles. The van der Waals surface area contributed by atoms with Crippen molar-refractivity contribution in [2.24, 2.45) is 0 Å². The summed E-state index contributed by atoms with van der Waals surface area (Å²) in [6.07, 6.45) is 3.33. The largest absolute Gasteiger partial charge is 0.335 e. The van der Waals surface area contributed by atoms with E-state index in [9.17, 15) is 4.79 Å². The van der Waals surface area contributed by atoms with Crippen LogP contribution >= 0.6 is 0 Å². The van der Waals surface area contributed by atoms with Crippen LogP contribution in [0, 0.1) is 0 Å². The fourth-order valence-corrected chi connectivity index (χ4v) is 3.60. The molecule has 4 heteroatoms. The zero-order chi connectivity index (χ0) is 17.9. The second-order valence-electron chi connectivity index (χ2n) is 6.87. The molecule has 0 radical (unpaired) electrons. The molecule has 1 aromatic heterocycles. The van der Waals surface area contributed by atoms with Gasteiger partial charge in [0.1, 0.15) is 5.69 Å². The highest BCUT2D eigenvalue weighted by Gasteiger charge is 2.28. The maximum Gasteiger partial charge on any atom is 0.272 e. The van der Waals surface area contributed by atoms with E-state index in [4.69, 9.17) is 5.10 Å². The zero-order valence-corrected chi connectivity index (χ0v) is 15.0. The van der Waals surface area contributed by atoms with E-state index in [1.54, 1.807) is 4.68 Å². The van der Waals surface area contributed by atoms with Crippen LogP contribution in [0.3, 0.4) is 0 Å². The minimum atomic E-state index is 0.0655. The Morgan fingerprint density at radius 1 is 1.00 bits per heavy atom. The van der Waals surface area contributed by atoms with Crippen LogP contribution in [-0.2, 0) is 0 Å². The molecule has 1 atom stereocenters. The van der Waals surface area contributed by atoms with Crippen LogP contribution in [0.25, 0.3) is 16.9 Å². The fourth-order valence-electron chi connectivity index (χ4n) is 3.60. The van der Waals surface area contributed by atoms with Gasteiger partial charge in [0.15, 0.2) is 0 Å². The maximum absolute atomic E-state index is 13.3. The molecule has 0 bridgehead atoms. The van der Waals surface area contributed by atoms with Crippen LogP contribution in [0.15, 0.2) is 66.7 Å². The molecule has 26 heavy (non-hydrogen) atoms. The molecule has 1 aliphatic heterocycles. The quantitative estimate of drug-likeness (QED) is 0.698. The first-order chi connectivity index (χ1) is 12.7. The first kappa shape index (κ1) is 16.6. The van der Waals surface area contributed by atoms with E-state index in [1.807, 2.05) is 71.6 Å². The highest BCUT2D eigenvalue weighted by molar-refractivity contribution is 5.94. The van der Waals surface area contributed by atoms with Gasteiger partial charge in [-0.15, -0.1) is 0 Å². The van der Waals surface area contributed by atoms with Crippen molar-refractivity contribution in [3.63, 3.8) is 0 Å². The highest BCUT2D eigenvalue weighted by atomic mass is 16.2. The van der Waals surface area contributed by atoms with E-state index in [-0.39, 0.29) is 11.9 Å². The Balaban J connectivity index is 1.79. The summed E-state index contributed by atoms with van der Waals surface area (Å²) >= 11 is 0. The van der Waals surface area contributed by atoms with Gasteiger partial charge in [0.25, 0.3) is 5.91 Å². The lowest BCUT2D eigenvalue weighted by molar-refractivity contribution is 0.0626. The van der Waals surface area contributed by atoms with Crippen molar-refractivity contribution < 1.29 is 4.79 Å². The number of likely N-dealkylation sites (tertiary alicyclic amines) is 1. The van der Waals surface area contributed by atoms with Gasteiger partial charge in [0.05, 0.1) is 11.4 Å². The number of amides is 1. The van der Waals surface area contributed by atoms with Gasteiger partial charge in [-0.1, -0.05) is 48.5 Å². The highest BCUT2D eigenvalue weighted by Crippen LogP contribution is 2.25. The van der Waals surface area contributed by atoms with Gasteiger partial charge in [-0.05, 0) is 44.4 Å². The molecule has 2 aromatic carbocycles. The Labute approximate surface area is 154 Å². The molecule has 0 aliphatic carbocycles. The van der Waals surface area contributed by atoms with E-state index >= 15 is 0 Å². The van der Waals surface area contributed by atoms with Gasteiger partial charge in [-0.2, -0.15) is 5.10 Å². The molecule has 1 fully saturated rings. The molecule has 3 aromatic rings. The number of hydrogen-bond donors (Lipinski definition) is 0. The van der Waals surface area contributed by atoms with Crippen molar-refractivity contribution in [2.45, 2.75) is 32.2 Å². The lowest BCUT2D eigenvalue weighted by Gasteiger charge is -2.33. The molecular weight excluding hydrogens is 322 g/mol. The number of carbonyl (C=O) groups excluding carboxylic acids is 1. The number of aromatic nitrogens is 2. The van der Waals surface area contributed by atoms with Gasteiger partial charge in [0, 0.05) is 18.2 Å². The normalized spacial score (nSPS) is 17.3. The van der Waals surface area contributed by atoms with Crippen molar-refractivity contribution in [3.05, 3.63) is 72.4 Å². The molecule has 4 nitrogen and oxygen atoms in total. The number of hydrogen-bond acceptors (Lipinski definition) is 2. The number of para-hydroxylation sites is 1. The number of benzene rings is 2. The minimum absolute atomic E-state index is 0.0655. The average Bonchev–Trinajstić information content (AvgIpc) is 3.15. The smallest absolute Gasteiger partial charge is 0.272 e. The van der Waals surface area contributed by atoms with Crippen LogP contribution < -0.4 is 0 Å². The molecule has 132 valence electrons. The molecular formula is C22H23N3O. The summed E-state index contributed by atoms with van der Waals surface area (Å²) in [5.41, 5.74) is 3.37. The Morgan fingerprint density at radius 3 is 2.38 bits per heavy atom. The Hall–Kier alpha value is -2.88. The molecule has 0 unspecified atom stereocenters. The van der Waals surface area contributed by atoms with E-state index in [0.29, 0.717) is 5.69 Å². The summed E-state index contributed by atoms with van der Waals surface area (Å²) in [6.45, 7) is 2.96. The first-order valence-corrected chi connectivity index (χ1v) is 9.26. The van der Waals surface area contributed by atoms with Crippen LogP contribution in [0.4, 0.5) is 0 Å². The van der Waals surface area contributed by atoms with E-state index in [2.05, 4.69) is 6.92 Å². The lowest BCUT2D eigenvalue weighted by Crippen LogP contribution is -2.42. The van der Waals surface area contributed by atoms with Gasteiger partial charge >= 0.3 is 0 Å². The lowest BCUT2D eigenvalue weighted by atomic mass is 10.0. The molecule has 0 N–H and O–H groups in total. The molecule has 4 rings (SSSR count). The molecule has 1 aliphatic rings. The number of nitrogens with zero attached hydrogens (tertiary/aromatic N) is 3. The monoisotopic (exact) mass is 345 g/mol. The summed E-state index contributed by atoms with van der Waals surface area (Å²) in [6, 6.07) is 22.1. The maximum atomic E-state index is 13.3. The van der Waals surface area contributed by atoms with Crippen LogP contribution in [-0.4, -0.2) is 33.2 Å². The summed E-state index contributed by atoms with van der Waals surface area (Å²) in [4.78, 5) is 15.3.